The molecule has 2 N–H and O–H groups in total. The van der Waals surface area contributed by atoms with E-state index in [1.807, 2.05) is 0 Å². The van der Waals surface area contributed by atoms with Crippen molar-refractivity contribution in [2.75, 3.05) is 13.2 Å². The van der Waals surface area contributed by atoms with Crippen LogP contribution in [0, 0.1) is 0 Å². The Balaban J connectivity index is 3.49. The fourth-order valence-electron chi connectivity index (χ4n) is 0.425. The summed E-state index contributed by atoms with van der Waals surface area (Å²) in [5, 5.41) is 16.7. The van der Waals surface area contributed by atoms with Crippen molar-refractivity contribution >= 4 is 11.4 Å². The van der Waals surface area contributed by atoms with Gasteiger partial charge in [-0.2, -0.15) is 0 Å². The molecule has 0 aliphatic carbocycles. The molecule has 0 amide bonds. The van der Waals surface area contributed by atoms with Gasteiger partial charge in [-0.3, -0.25) is 4.18 Å². The lowest BCUT2D eigenvalue weighted by molar-refractivity contribution is 0.0929. The smallest absolute Gasteiger partial charge is 0.0989 e. The van der Waals surface area contributed by atoms with Gasteiger partial charge >= 0.3 is 0 Å². The van der Waals surface area contributed by atoms with Crippen LogP contribution < -0.4 is 0 Å². The van der Waals surface area contributed by atoms with Crippen LogP contribution in [0.4, 0.5) is 0 Å². The number of hydrogen-bond acceptors (Lipinski definition) is 5. The van der Waals surface area contributed by atoms with E-state index in [1.54, 1.807) is 0 Å². The highest BCUT2D eigenvalue weighted by Gasteiger charge is 2.06. The quantitative estimate of drug-likeness (QED) is 0.491. The lowest BCUT2D eigenvalue weighted by atomic mass is 10.3. The molecule has 0 saturated carbocycles. The number of rotatable bonds is 5. The van der Waals surface area contributed by atoms with E-state index < -0.39 is 24.1 Å². The van der Waals surface area contributed by atoms with Crippen LogP contribution in [0.2, 0.25) is 0 Å². The van der Waals surface area contributed by atoms with Crippen LogP contribution in [-0.2, 0) is 15.5 Å². The summed E-state index contributed by atoms with van der Waals surface area (Å²) in [6, 6.07) is 0. The zero-order chi connectivity index (χ0) is 7.98. The monoisotopic (exact) mass is 169 g/mol. The molecule has 0 aromatic carbocycles. The van der Waals surface area contributed by atoms with Gasteiger partial charge in [-0.15, -0.1) is 0 Å². The molecule has 5 nitrogen and oxygen atoms in total. The van der Waals surface area contributed by atoms with E-state index in [4.69, 9.17) is 10.2 Å². The highest BCUT2D eigenvalue weighted by Crippen LogP contribution is 1.97. The van der Waals surface area contributed by atoms with Crippen LogP contribution in [-0.4, -0.2) is 38.3 Å². The van der Waals surface area contributed by atoms with E-state index >= 15 is 0 Å². The largest absolute Gasteiger partial charge is 0.750 e. The summed E-state index contributed by atoms with van der Waals surface area (Å²) in [6.45, 7) is -0.614. The molecule has 0 aromatic rings. The Kier molecular flexibility index (Phi) is 5.74. The van der Waals surface area contributed by atoms with Crippen LogP contribution in [0.1, 0.15) is 6.42 Å². The molecule has 2 unspecified atom stereocenters. The van der Waals surface area contributed by atoms with Gasteiger partial charge in [0, 0.05) is 13.0 Å². The Hall–Kier alpha value is -0.0100. The van der Waals surface area contributed by atoms with Crippen LogP contribution in [0.15, 0.2) is 0 Å². The van der Waals surface area contributed by atoms with Gasteiger partial charge in [0.15, 0.2) is 0 Å². The Labute approximate surface area is 61.1 Å². The molecule has 0 radical (unpaired) electrons. The summed E-state index contributed by atoms with van der Waals surface area (Å²) in [4.78, 5) is 0. The molecule has 0 rings (SSSR count). The molecular weight excluding hydrogens is 160 g/mol. The molecule has 0 heterocycles. The maximum absolute atomic E-state index is 9.83. The number of aliphatic hydroxyl groups excluding tert-OH is 2. The molecule has 0 saturated heterocycles. The van der Waals surface area contributed by atoms with Crippen molar-refractivity contribution in [3.05, 3.63) is 0 Å². The lowest BCUT2D eigenvalue weighted by Crippen LogP contribution is -2.20. The third-order valence-electron chi connectivity index (χ3n) is 0.869. The standard InChI is InChI=1S/C4H10O5S/c5-2-1-4(3-6)9-10(7)8/h4-6H,1-3H2,(H,7,8)/p-1. The Morgan fingerprint density at radius 2 is 2.20 bits per heavy atom. The van der Waals surface area contributed by atoms with E-state index in [2.05, 4.69) is 4.18 Å². The fourth-order valence-corrected chi connectivity index (χ4v) is 0.804. The lowest BCUT2D eigenvalue weighted by Gasteiger charge is -2.14. The number of hydrogen-bond donors (Lipinski definition) is 2. The van der Waals surface area contributed by atoms with Crippen LogP contribution in [0.25, 0.3) is 0 Å². The normalized spacial score (nSPS) is 16.7. The molecule has 0 bridgehead atoms. The maximum atomic E-state index is 9.83. The van der Waals surface area contributed by atoms with Gasteiger partial charge in [0.25, 0.3) is 0 Å². The van der Waals surface area contributed by atoms with Crippen molar-refractivity contribution in [1.82, 2.24) is 0 Å². The van der Waals surface area contributed by atoms with Crippen molar-refractivity contribution in [3.63, 3.8) is 0 Å². The van der Waals surface area contributed by atoms with Gasteiger partial charge in [0.05, 0.1) is 24.1 Å². The SMILES string of the molecule is O=S([O-])OC(CO)CCO. The van der Waals surface area contributed by atoms with Crippen molar-refractivity contribution in [1.29, 1.82) is 0 Å². The molecule has 0 aliphatic rings. The molecule has 62 valence electrons. The van der Waals surface area contributed by atoms with E-state index in [0.29, 0.717) is 0 Å². The number of aliphatic hydroxyl groups is 2. The van der Waals surface area contributed by atoms with Crippen LogP contribution in [0.5, 0.6) is 0 Å². The average Bonchev–Trinajstić information content (AvgIpc) is 1.86. The predicted octanol–water partition coefficient (Wildman–Crippen LogP) is -1.46. The summed E-state index contributed by atoms with van der Waals surface area (Å²) in [6.07, 6.45) is -0.701. The third-order valence-corrected chi connectivity index (χ3v) is 1.30. The molecule has 0 aromatic heterocycles. The minimum atomic E-state index is -2.62. The Morgan fingerprint density at radius 3 is 2.50 bits per heavy atom. The van der Waals surface area contributed by atoms with Crippen molar-refractivity contribution in [2.45, 2.75) is 12.5 Å². The van der Waals surface area contributed by atoms with Crippen molar-refractivity contribution in [3.8, 4) is 0 Å². The predicted molar refractivity (Wildman–Crippen MR) is 32.6 cm³/mol. The first-order valence-corrected chi connectivity index (χ1v) is 3.68. The van der Waals surface area contributed by atoms with Crippen molar-refractivity contribution in [2.24, 2.45) is 0 Å². The Bertz CT molecular complexity index is 106. The Morgan fingerprint density at radius 1 is 1.60 bits per heavy atom. The average molecular weight is 169 g/mol. The summed E-state index contributed by atoms with van der Waals surface area (Å²) < 4.78 is 23.8. The van der Waals surface area contributed by atoms with E-state index in [-0.39, 0.29) is 13.0 Å². The van der Waals surface area contributed by atoms with Crippen LogP contribution >= 0.6 is 0 Å². The summed E-state index contributed by atoms with van der Waals surface area (Å²) >= 11 is -2.62. The van der Waals surface area contributed by atoms with Crippen molar-refractivity contribution < 1.29 is 23.2 Å². The van der Waals surface area contributed by atoms with E-state index in [9.17, 15) is 8.76 Å². The molecule has 0 spiro atoms. The fraction of sp³-hybridized carbons (Fsp3) is 1.00. The first-order chi connectivity index (χ1) is 4.70. The minimum Gasteiger partial charge on any atom is -0.750 e. The molecule has 10 heavy (non-hydrogen) atoms. The minimum absolute atomic E-state index is 0.116. The second-order valence-corrected chi connectivity index (χ2v) is 2.22. The first kappa shape index (κ1) is 9.99. The second-order valence-electron chi connectivity index (χ2n) is 1.62. The molecule has 0 aliphatic heterocycles. The summed E-state index contributed by atoms with van der Waals surface area (Å²) in [7, 11) is 0. The highest BCUT2D eigenvalue weighted by molar-refractivity contribution is 7.74. The molecular formula is C4H9O5S-. The zero-order valence-electron chi connectivity index (χ0n) is 5.23. The first-order valence-electron chi connectivity index (χ1n) is 2.68. The molecule has 0 fully saturated rings. The third kappa shape index (κ3) is 4.83. The second kappa shape index (κ2) is 5.75. The van der Waals surface area contributed by atoms with Gasteiger partial charge in [0.2, 0.25) is 0 Å². The van der Waals surface area contributed by atoms with E-state index in [1.165, 1.54) is 0 Å². The van der Waals surface area contributed by atoms with Gasteiger partial charge in [-0.25, -0.2) is 4.21 Å². The summed E-state index contributed by atoms with van der Waals surface area (Å²) in [5.74, 6) is 0. The van der Waals surface area contributed by atoms with Gasteiger partial charge < -0.3 is 14.8 Å². The van der Waals surface area contributed by atoms with Crippen LogP contribution in [0.3, 0.4) is 0 Å². The maximum Gasteiger partial charge on any atom is 0.0989 e. The van der Waals surface area contributed by atoms with Gasteiger partial charge in [-0.05, 0) is 0 Å². The molecule has 2 atom stereocenters. The molecule has 6 heteroatoms. The highest BCUT2D eigenvalue weighted by atomic mass is 32.2. The topological polar surface area (TPSA) is 89.8 Å². The van der Waals surface area contributed by atoms with E-state index in [0.717, 1.165) is 0 Å². The van der Waals surface area contributed by atoms with Gasteiger partial charge in [0.1, 0.15) is 0 Å². The zero-order valence-corrected chi connectivity index (χ0v) is 6.04. The van der Waals surface area contributed by atoms with Gasteiger partial charge in [-0.1, -0.05) is 0 Å². The summed E-state index contributed by atoms with van der Waals surface area (Å²) in [5.41, 5.74) is 0.